The fourth-order valence-electron chi connectivity index (χ4n) is 1.60. The Balaban J connectivity index is 2.87. The van der Waals surface area contributed by atoms with Crippen LogP contribution in [0, 0.1) is 5.41 Å². The number of nitrogens with one attached hydrogen (secondary N) is 2. The topological polar surface area (TPSA) is 102 Å². The number of nitrogen functional groups attached to an aromatic ring is 1. The van der Waals surface area contributed by atoms with Gasteiger partial charge in [-0.15, -0.1) is 0 Å². The van der Waals surface area contributed by atoms with Crippen LogP contribution in [0.4, 0.5) is 11.5 Å². The van der Waals surface area contributed by atoms with Gasteiger partial charge in [-0.3, -0.25) is 14.3 Å². The van der Waals surface area contributed by atoms with Crippen molar-refractivity contribution < 1.29 is 4.74 Å². The summed E-state index contributed by atoms with van der Waals surface area (Å²) in [4.78, 5) is 25.3. The van der Waals surface area contributed by atoms with Gasteiger partial charge in [-0.2, -0.15) is 0 Å². The second kappa shape index (κ2) is 5.92. The van der Waals surface area contributed by atoms with Gasteiger partial charge in [0.05, 0.1) is 0 Å². The maximum atomic E-state index is 11.7. The van der Waals surface area contributed by atoms with Crippen LogP contribution in [0.25, 0.3) is 0 Å². The number of anilines is 2. The monoisotopic (exact) mass is 270 g/mol. The number of ether oxygens (including phenoxy) is 1. The number of methoxy groups -OCH3 is 1. The number of H-pyrrole nitrogens is 1. The number of rotatable bonds is 6. The zero-order valence-corrected chi connectivity index (χ0v) is 11.9. The lowest BCUT2D eigenvalue weighted by atomic mass is 9.89. The van der Waals surface area contributed by atoms with Crippen LogP contribution in [0.5, 0.6) is 0 Å². The standard InChI is InChI=1S/C12H22N4O3/c1-12(2,5-6-19-4)7-14-8-9(13)16(3)11(18)15-10(8)17/h14H,5-7,13H2,1-4H3,(H,15,17,18). The van der Waals surface area contributed by atoms with Crippen molar-refractivity contribution in [3.05, 3.63) is 20.8 Å². The Labute approximate surface area is 111 Å². The van der Waals surface area contributed by atoms with Crippen LogP contribution in [0.15, 0.2) is 9.59 Å². The molecule has 0 bridgehead atoms. The molecule has 7 heteroatoms. The Bertz CT molecular complexity index is 545. The first-order valence-corrected chi connectivity index (χ1v) is 6.10. The number of hydrogen-bond acceptors (Lipinski definition) is 5. The normalized spacial score (nSPS) is 11.6. The molecule has 0 saturated carbocycles. The van der Waals surface area contributed by atoms with E-state index in [0.717, 1.165) is 6.42 Å². The number of hydrogen-bond donors (Lipinski definition) is 3. The maximum absolute atomic E-state index is 11.7. The SMILES string of the molecule is COCCC(C)(C)CNc1c(N)n(C)c(=O)[nH]c1=O. The lowest BCUT2D eigenvalue weighted by Crippen LogP contribution is -2.34. The van der Waals surface area contributed by atoms with Crippen LogP contribution in [0.1, 0.15) is 20.3 Å². The van der Waals surface area contributed by atoms with Gasteiger partial charge >= 0.3 is 5.69 Å². The van der Waals surface area contributed by atoms with Crippen molar-refractivity contribution in [1.82, 2.24) is 9.55 Å². The van der Waals surface area contributed by atoms with Crippen LogP contribution < -0.4 is 22.3 Å². The van der Waals surface area contributed by atoms with Crippen molar-refractivity contribution in [2.75, 3.05) is 31.3 Å². The van der Waals surface area contributed by atoms with Crippen molar-refractivity contribution in [1.29, 1.82) is 0 Å². The number of nitrogens with two attached hydrogens (primary N) is 1. The highest BCUT2D eigenvalue weighted by Crippen LogP contribution is 2.21. The number of nitrogens with zero attached hydrogens (tertiary/aromatic N) is 1. The van der Waals surface area contributed by atoms with Crippen molar-refractivity contribution in [2.45, 2.75) is 20.3 Å². The fourth-order valence-corrected chi connectivity index (χ4v) is 1.60. The first kappa shape index (κ1) is 15.3. The van der Waals surface area contributed by atoms with E-state index in [9.17, 15) is 9.59 Å². The lowest BCUT2D eigenvalue weighted by Gasteiger charge is -2.25. The Morgan fingerprint density at radius 1 is 1.42 bits per heavy atom. The van der Waals surface area contributed by atoms with E-state index in [4.69, 9.17) is 10.5 Å². The Kier molecular flexibility index (Phi) is 4.77. The molecule has 0 fully saturated rings. The van der Waals surface area contributed by atoms with Gasteiger partial charge in [0.2, 0.25) is 0 Å². The van der Waals surface area contributed by atoms with Crippen molar-refractivity contribution in [3.8, 4) is 0 Å². The quantitative estimate of drug-likeness (QED) is 0.682. The van der Waals surface area contributed by atoms with E-state index in [1.54, 1.807) is 7.11 Å². The summed E-state index contributed by atoms with van der Waals surface area (Å²) < 4.78 is 6.25. The summed E-state index contributed by atoms with van der Waals surface area (Å²) in [5.74, 6) is 0.135. The third kappa shape index (κ3) is 3.85. The molecule has 7 nitrogen and oxygen atoms in total. The van der Waals surface area contributed by atoms with Gasteiger partial charge in [0.1, 0.15) is 11.5 Å². The van der Waals surface area contributed by atoms with Crippen molar-refractivity contribution in [3.63, 3.8) is 0 Å². The predicted molar refractivity (Wildman–Crippen MR) is 75.5 cm³/mol. The van der Waals surface area contributed by atoms with E-state index in [0.29, 0.717) is 13.2 Å². The largest absolute Gasteiger partial charge is 0.385 e. The van der Waals surface area contributed by atoms with Gasteiger partial charge in [0, 0.05) is 27.3 Å². The first-order valence-electron chi connectivity index (χ1n) is 6.10. The first-order chi connectivity index (χ1) is 8.78. The Hall–Kier alpha value is -1.76. The molecule has 108 valence electrons. The molecule has 0 radical (unpaired) electrons. The average Bonchev–Trinajstić information content (AvgIpc) is 2.33. The van der Waals surface area contributed by atoms with E-state index in [-0.39, 0.29) is 16.9 Å². The Morgan fingerprint density at radius 2 is 2.05 bits per heavy atom. The van der Waals surface area contributed by atoms with Crippen LogP contribution >= 0.6 is 0 Å². The van der Waals surface area contributed by atoms with Crippen LogP contribution in [-0.4, -0.2) is 29.8 Å². The van der Waals surface area contributed by atoms with Gasteiger partial charge in [0.15, 0.2) is 0 Å². The third-order valence-corrected chi connectivity index (χ3v) is 3.10. The molecule has 0 saturated heterocycles. The van der Waals surface area contributed by atoms with Gasteiger partial charge in [-0.05, 0) is 11.8 Å². The second-order valence-electron chi connectivity index (χ2n) is 5.34. The van der Waals surface area contributed by atoms with Gasteiger partial charge in [-0.1, -0.05) is 13.8 Å². The van der Waals surface area contributed by atoms with E-state index in [1.165, 1.54) is 11.6 Å². The zero-order valence-electron chi connectivity index (χ0n) is 11.9. The maximum Gasteiger partial charge on any atom is 0.329 e. The molecule has 1 aromatic heterocycles. The summed E-state index contributed by atoms with van der Waals surface area (Å²) in [6, 6.07) is 0. The van der Waals surface area contributed by atoms with Gasteiger partial charge in [0.25, 0.3) is 5.56 Å². The smallest absolute Gasteiger partial charge is 0.329 e. The van der Waals surface area contributed by atoms with Crippen LogP contribution in [-0.2, 0) is 11.8 Å². The molecule has 1 heterocycles. The molecule has 1 rings (SSSR count). The summed E-state index contributed by atoms with van der Waals surface area (Å²) in [7, 11) is 3.16. The summed E-state index contributed by atoms with van der Waals surface area (Å²) in [6.07, 6.45) is 0.847. The predicted octanol–water partition coefficient (Wildman–Crippen LogP) is 0.130. The van der Waals surface area contributed by atoms with Gasteiger partial charge in [-0.25, -0.2) is 4.79 Å². The minimum Gasteiger partial charge on any atom is -0.385 e. The molecule has 19 heavy (non-hydrogen) atoms. The van der Waals surface area contributed by atoms with Crippen molar-refractivity contribution in [2.24, 2.45) is 12.5 Å². The van der Waals surface area contributed by atoms with Crippen LogP contribution in [0.2, 0.25) is 0 Å². The molecule has 0 aliphatic rings. The lowest BCUT2D eigenvalue weighted by molar-refractivity contribution is 0.157. The molecule has 0 aliphatic carbocycles. The Morgan fingerprint density at radius 3 is 2.63 bits per heavy atom. The van der Waals surface area contributed by atoms with E-state index >= 15 is 0 Å². The summed E-state index contributed by atoms with van der Waals surface area (Å²) in [5, 5.41) is 3.01. The number of aromatic amines is 1. The van der Waals surface area contributed by atoms with Crippen LogP contribution in [0.3, 0.4) is 0 Å². The molecule has 0 spiro atoms. The second-order valence-corrected chi connectivity index (χ2v) is 5.34. The number of aromatic nitrogens is 2. The molecular formula is C12H22N4O3. The summed E-state index contributed by atoms with van der Waals surface area (Å²) >= 11 is 0. The highest BCUT2D eigenvalue weighted by molar-refractivity contribution is 5.60. The zero-order chi connectivity index (χ0) is 14.6. The minimum atomic E-state index is -0.522. The summed E-state index contributed by atoms with van der Waals surface area (Å²) in [6.45, 7) is 5.33. The average molecular weight is 270 g/mol. The molecule has 0 aromatic carbocycles. The molecule has 4 N–H and O–H groups in total. The molecular weight excluding hydrogens is 248 g/mol. The summed E-state index contributed by atoms with van der Waals surface area (Å²) in [5.41, 5.74) is 4.93. The minimum absolute atomic E-state index is 0.0520. The fraction of sp³-hybridized carbons (Fsp3) is 0.667. The highest BCUT2D eigenvalue weighted by Gasteiger charge is 2.19. The molecule has 0 amide bonds. The van der Waals surface area contributed by atoms with E-state index < -0.39 is 11.2 Å². The highest BCUT2D eigenvalue weighted by atomic mass is 16.5. The van der Waals surface area contributed by atoms with Crippen molar-refractivity contribution >= 4 is 11.5 Å². The molecule has 0 aliphatic heterocycles. The molecule has 0 atom stereocenters. The van der Waals surface area contributed by atoms with Gasteiger partial charge < -0.3 is 15.8 Å². The van der Waals surface area contributed by atoms with E-state index in [2.05, 4.69) is 24.1 Å². The molecule has 1 aromatic rings. The third-order valence-electron chi connectivity index (χ3n) is 3.10. The van der Waals surface area contributed by atoms with E-state index in [1.807, 2.05) is 0 Å². The molecule has 0 unspecified atom stereocenters.